The Labute approximate surface area is 185 Å². The van der Waals surface area contributed by atoms with Gasteiger partial charge in [-0.05, 0) is 56.4 Å². The fraction of sp³-hybridized carbons (Fsp3) is 0.409. The average Bonchev–Trinajstić information content (AvgIpc) is 3.23. The number of hydrogen-bond acceptors (Lipinski definition) is 5. The third-order valence-corrected chi connectivity index (χ3v) is 6.54. The van der Waals surface area contributed by atoms with E-state index in [1.54, 1.807) is 29.6 Å². The first-order valence-corrected chi connectivity index (χ1v) is 11.1. The molecule has 2 aromatic rings. The van der Waals surface area contributed by atoms with Gasteiger partial charge >= 0.3 is 0 Å². The summed E-state index contributed by atoms with van der Waals surface area (Å²) in [5.41, 5.74) is 1.20. The van der Waals surface area contributed by atoms with Crippen LogP contribution in [0.25, 0.3) is 0 Å². The van der Waals surface area contributed by atoms with Crippen LogP contribution < -0.4 is 10.1 Å². The van der Waals surface area contributed by atoms with Crippen molar-refractivity contribution in [1.82, 2.24) is 4.90 Å². The van der Waals surface area contributed by atoms with Crippen molar-refractivity contribution in [3.05, 3.63) is 45.1 Å². The summed E-state index contributed by atoms with van der Waals surface area (Å²) in [4.78, 5) is 39.0. The van der Waals surface area contributed by atoms with Gasteiger partial charge in [-0.25, -0.2) is 0 Å². The van der Waals surface area contributed by atoms with Gasteiger partial charge in [-0.2, -0.15) is 0 Å². The fourth-order valence-electron chi connectivity index (χ4n) is 3.60. The van der Waals surface area contributed by atoms with E-state index in [4.69, 9.17) is 16.3 Å². The number of amides is 2. The molecule has 1 aromatic carbocycles. The van der Waals surface area contributed by atoms with Gasteiger partial charge in [-0.15, -0.1) is 11.3 Å². The number of anilines is 1. The topological polar surface area (TPSA) is 75.7 Å². The number of thiophene rings is 1. The third kappa shape index (κ3) is 5.61. The molecule has 30 heavy (non-hydrogen) atoms. The summed E-state index contributed by atoms with van der Waals surface area (Å²) in [5.74, 6) is 0.686. The molecule has 8 heteroatoms. The zero-order chi connectivity index (χ0) is 21.7. The Morgan fingerprint density at radius 2 is 2.10 bits per heavy atom. The lowest BCUT2D eigenvalue weighted by Crippen LogP contribution is -2.40. The van der Waals surface area contributed by atoms with Crippen LogP contribution in [0.1, 0.15) is 52.6 Å². The minimum absolute atomic E-state index is 0.0280. The molecule has 1 aromatic heterocycles. The molecule has 1 aliphatic rings. The number of nitrogens with one attached hydrogen (secondary N) is 1. The Bertz CT molecular complexity index is 943. The predicted octanol–water partition coefficient (Wildman–Crippen LogP) is 4.88. The Morgan fingerprint density at radius 1 is 1.30 bits per heavy atom. The monoisotopic (exact) mass is 448 g/mol. The highest BCUT2D eigenvalue weighted by atomic mass is 35.5. The van der Waals surface area contributed by atoms with E-state index >= 15 is 0 Å². The molecule has 1 fully saturated rings. The van der Waals surface area contributed by atoms with Gasteiger partial charge in [0.25, 0.3) is 5.91 Å². The largest absolute Gasteiger partial charge is 0.495 e. The van der Waals surface area contributed by atoms with Gasteiger partial charge in [-0.3, -0.25) is 14.4 Å². The lowest BCUT2D eigenvalue weighted by atomic mass is 9.93. The molecule has 160 valence electrons. The van der Waals surface area contributed by atoms with E-state index in [9.17, 15) is 14.4 Å². The number of ketones is 1. The molecule has 0 spiro atoms. The molecule has 0 bridgehead atoms. The number of rotatable bonds is 7. The van der Waals surface area contributed by atoms with Crippen LogP contribution in [0, 0.1) is 5.92 Å². The molecule has 6 nitrogen and oxygen atoms in total. The number of likely N-dealkylation sites (tertiary alicyclic amines) is 1. The number of halogens is 1. The second-order valence-corrected chi connectivity index (χ2v) is 8.77. The molecule has 0 saturated carbocycles. The Kier molecular flexibility index (Phi) is 7.50. The molecule has 1 N–H and O–H groups in total. The van der Waals surface area contributed by atoms with Crippen molar-refractivity contribution in [2.75, 3.05) is 25.5 Å². The molecule has 1 atom stereocenters. The number of hydrogen-bond donors (Lipinski definition) is 1. The molecular weight excluding hydrogens is 424 g/mol. The Hall–Kier alpha value is -2.38. The summed E-state index contributed by atoms with van der Waals surface area (Å²) in [6, 6.07) is 6.80. The molecular formula is C22H25ClN2O4S. The molecule has 3 rings (SSSR count). The van der Waals surface area contributed by atoms with E-state index in [0.717, 1.165) is 12.8 Å². The summed E-state index contributed by atoms with van der Waals surface area (Å²) in [6.07, 6.45) is 2.99. The van der Waals surface area contributed by atoms with Gasteiger partial charge in [0.2, 0.25) is 5.91 Å². The van der Waals surface area contributed by atoms with E-state index in [0.29, 0.717) is 52.8 Å². The van der Waals surface area contributed by atoms with E-state index in [1.165, 1.54) is 25.4 Å². The maximum atomic E-state index is 12.8. The SMILES string of the molecule is COc1ccc(NC(=O)CCC2CCCN(C(=O)c3csc(C(C)=O)c3)C2)cc1Cl. The maximum Gasteiger partial charge on any atom is 0.254 e. The molecule has 0 aliphatic carbocycles. The van der Waals surface area contributed by atoms with Gasteiger partial charge in [-0.1, -0.05) is 11.6 Å². The van der Waals surface area contributed by atoms with E-state index < -0.39 is 0 Å². The lowest BCUT2D eigenvalue weighted by molar-refractivity contribution is -0.116. The third-order valence-electron chi connectivity index (χ3n) is 5.21. The van der Waals surface area contributed by atoms with E-state index in [2.05, 4.69) is 5.32 Å². The summed E-state index contributed by atoms with van der Waals surface area (Å²) >= 11 is 7.40. The second-order valence-electron chi connectivity index (χ2n) is 7.45. The first-order valence-electron chi connectivity index (χ1n) is 9.89. The van der Waals surface area contributed by atoms with Crippen molar-refractivity contribution in [1.29, 1.82) is 0 Å². The fourth-order valence-corrected chi connectivity index (χ4v) is 4.65. The quantitative estimate of drug-likeness (QED) is 0.612. The summed E-state index contributed by atoms with van der Waals surface area (Å²) < 4.78 is 5.11. The highest BCUT2D eigenvalue weighted by molar-refractivity contribution is 7.12. The predicted molar refractivity (Wildman–Crippen MR) is 119 cm³/mol. The van der Waals surface area contributed by atoms with Gasteiger partial charge < -0.3 is 15.0 Å². The number of methoxy groups -OCH3 is 1. The molecule has 1 aliphatic heterocycles. The van der Waals surface area contributed by atoms with Crippen LogP contribution in [0.5, 0.6) is 5.75 Å². The van der Waals surface area contributed by atoms with E-state index in [1.807, 2.05) is 4.90 Å². The standard InChI is InChI=1S/C22H25ClN2O4S/c1-14(26)20-10-16(13-30-20)22(28)25-9-3-4-15(12-25)5-8-21(27)24-17-6-7-19(29-2)18(23)11-17/h6-7,10-11,13,15H,3-5,8-9,12H2,1-2H3,(H,24,27). The van der Waals surface area contributed by atoms with Crippen LogP contribution in [0.4, 0.5) is 5.69 Å². The first-order chi connectivity index (χ1) is 14.4. The number of nitrogens with zero attached hydrogens (tertiary/aromatic N) is 1. The molecule has 0 radical (unpaired) electrons. The van der Waals surface area contributed by atoms with Crippen LogP contribution in [0.3, 0.4) is 0 Å². The minimum atomic E-state index is -0.0800. The van der Waals surface area contributed by atoms with Gasteiger partial charge in [0.15, 0.2) is 5.78 Å². The summed E-state index contributed by atoms with van der Waals surface area (Å²) in [6.45, 7) is 2.84. The number of piperidine rings is 1. The van der Waals surface area contributed by atoms with Gasteiger partial charge in [0, 0.05) is 30.6 Å². The molecule has 1 saturated heterocycles. The van der Waals surface area contributed by atoms with Crippen molar-refractivity contribution >= 4 is 46.2 Å². The van der Waals surface area contributed by atoms with Crippen molar-refractivity contribution in [2.45, 2.75) is 32.6 Å². The zero-order valence-corrected chi connectivity index (χ0v) is 18.6. The molecule has 2 heterocycles. The number of benzene rings is 1. The maximum absolute atomic E-state index is 12.8. The molecule has 2 amide bonds. The zero-order valence-electron chi connectivity index (χ0n) is 17.1. The van der Waals surface area contributed by atoms with Crippen molar-refractivity contribution in [3.63, 3.8) is 0 Å². The highest BCUT2D eigenvalue weighted by Gasteiger charge is 2.25. The second kappa shape index (κ2) is 10.1. The van der Waals surface area contributed by atoms with Gasteiger partial charge in [0.05, 0.1) is 22.6 Å². The summed E-state index contributed by atoms with van der Waals surface area (Å²) in [7, 11) is 1.54. The number of Topliss-reactive ketones (excluding diaryl/α,β-unsaturated/α-hetero) is 1. The van der Waals surface area contributed by atoms with Gasteiger partial charge in [0.1, 0.15) is 5.75 Å². The first kappa shape index (κ1) is 22.3. The van der Waals surface area contributed by atoms with Crippen molar-refractivity contribution in [2.24, 2.45) is 5.92 Å². The number of ether oxygens (including phenoxy) is 1. The van der Waals surface area contributed by atoms with Crippen molar-refractivity contribution in [3.8, 4) is 5.75 Å². The van der Waals surface area contributed by atoms with Crippen LogP contribution in [0.2, 0.25) is 5.02 Å². The van der Waals surface area contributed by atoms with E-state index in [-0.39, 0.29) is 23.5 Å². The van der Waals surface area contributed by atoms with Crippen molar-refractivity contribution < 1.29 is 19.1 Å². The van der Waals surface area contributed by atoms with Crippen LogP contribution in [-0.2, 0) is 4.79 Å². The smallest absolute Gasteiger partial charge is 0.254 e. The van der Waals surface area contributed by atoms with Crippen LogP contribution >= 0.6 is 22.9 Å². The Balaban J connectivity index is 1.50. The number of carbonyl (C=O) groups is 3. The number of carbonyl (C=O) groups excluding carboxylic acids is 3. The normalized spacial score (nSPS) is 16.2. The average molecular weight is 449 g/mol. The Morgan fingerprint density at radius 3 is 2.77 bits per heavy atom. The highest BCUT2D eigenvalue weighted by Crippen LogP contribution is 2.28. The molecule has 1 unspecified atom stereocenters. The van der Waals surface area contributed by atoms with Crippen LogP contribution in [-0.4, -0.2) is 42.7 Å². The van der Waals surface area contributed by atoms with Crippen LogP contribution in [0.15, 0.2) is 29.6 Å². The lowest BCUT2D eigenvalue weighted by Gasteiger charge is -2.32. The minimum Gasteiger partial charge on any atom is -0.495 e. The summed E-state index contributed by atoms with van der Waals surface area (Å²) in [5, 5.41) is 5.05.